The highest BCUT2D eigenvalue weighted by Crippen LogP contribution is 2.44. The van der Waals surface area contributed by atoms with Crippen molar-refractivity contribution in [2.24, 2.45) is 11.3 Å². The third-order valence-corrected chi connectivity index (χ3v) is 2.60. The highest BCUT2D eigenvalue weighted by atomic mass is 16.3. The normalized spacial score (nSPS) is 32.6. The summed E-state index contributed by atoms with van der Waals surface area (Å²) in [6.07, 6.45) is 0.705. The lowest BCUT2D eigenvalue weighted by Gasteiger charge is -2.39. The summed E-state index contributed by atoms with van der Waals surface area (Å²) in [6, 6.07) is 2.08. The van der Waals surface area contributed by atoms with Crippen molar-refractivity contribution < 1.29 is 9.90 Å². The van der Waals surface area contributed by atoms with Crippen molar-refractivity contribution in [1.82, 2.24) is 5.32 Å². The Hall–Kier alpha value is -1.08. The Morgan fingerprint density at radius 2 is 2.36 bits per heavy atom. The molecule has 0 aromatic carbocycles. The van der Waals surface area contributed by atoms with Crippen molar-refractivity contribution in [2.45, 2.75) is 32.8 Å². The molecule has 1 saturated carbocycles. The number of nitriles is 1. The predicted octanol–water partition coefficient (Wildman–Crippen LogP) is 0.423. The number of hydrogen-bond acceptors (Lipinski definition) is 3. The second kappa shape index (κ2) is 3.97. The molecule has 0 aromatic heterocycles. The Morgan fingerprint density at radius 1 is 1.79 bits per heavy atom. The van der Waals surface area contributed by atoms with E-state index in [0.717, 1.165) is 0 Å². The van der Waals surface area contributed by atoms with Crippen molar-refractivity contribution in [2.75, 3.05) is 6.54 Å². The van der Waals surface area contributed by atoms with Crippen molar-refractivity contribution >= 4 is 5.91 Å². The van der Waals surface area contributed by atoms with Gasteiger partial charge in [0.1, 0.15) is 5.41 Å². The fourth-order valence-corrected chi connectivity index (χ4v) is 1.87. The van der Waals surface area contributed by atoms with Crippen LogP contribution in [0, 0.1) is 22.7 Å². The summed E-state index contributed by atoms with van der Waals surface area (Å²) in [6.45, 7) is 3.84. The summed E-state index contributed by atoms with van der Waals surface area (Å²) in [5, 5.41) is 20.5. The van der Waals surface area contributed by atoms with Gasteiger partial charge in [-0.3, -0.25) is 4.79 Å². The Balaban J connectivity index is 2.47. The van der Waals surface area contributed by atoms with Gasteiger partial charge in [-0.15, -0.1) is 0 Å². The summed E-state index contributed by atoms with van der Waals surface area (Å²) >= 11 is 0. The molecule has 2 N–H and O–H groups in total. The molecule has 1 rings (SSSR count). The molecule has 1 atom stereocenters. The van der Waals surface area contributed by atoms with E-state index in [1.807, 2.05) is 6.92 Å². The van der Waals surface area contributed by atoms with E-state index in [0.29, 0.717) is 18.8 Å². The predicted molar refractivity (Wildman–Crippen MR) is 51.1 cm³/mol. The van der Waals surface area contributed by atoms with Crippen LogP contribution in [-0.2, 0) is 4.79 Å². The van der Waals surface area contributed by atoms with Crippen LogP contribution in [0.5, 0.6) is 0 Å². The molecule has 0 spiro atoms. The largest absolute Gasteiger partial charge is 0.392 e. The van der Waals surface area contributed by atoms with Gasteiger partial charge in [0.2, 0.25) is 5.91 Å². The molecule has 0 aliphatic heterocycles. The standard InChI is InChI=1S/C10H16N2O2/c1-7-3-10(4-7,6-11)9(14)12-5-8(2)13/h7-8,13H,3-5H2,1-2H3,(H,12,14)/t7?,8-,10?/m0/s1. The van der Waals surface area contributed by atoms with Crippen molar-refractivity contribution in [3.8, 4) is 6.07 Å². The van der Waals surface area contributed by atoms with Gasteiger partial charge in [-0.05, 0) is 25.7 Å². The van der Waals surface area contributed by atoms with Crippen LogP contribution in [0.1, 0.15) is 26.7 Å². The molecule has 0 heterocycles. The number of hydrogen-bond donors (Lipinski definition) is 2. The van der Waals surface area contributed by atoms with E-state index in [-0.39, 0.29) is 12.5 Å². The first-order chi connectivity index (χ1) is 6.50. The average molecular weight is 196 g/mol. The molecule has 0 aromatic rings. The van der Waals surface area contributed by atoms with Crippen LogP contribution in [0.15, 0.2) is 0 Å². The zero-order valence-corrected chi connectivity index (χ0v) is 8.58. The molecule has 0 unspecified atom stereocenters. The Bertz CT molecular complexity index is 262. The van der Waals surface area contributed by atoms with Crippen molar-refractivity contribution in [3.05, 3.63) is 0 Å². The number of carbonyl (C=O) groups excluding carboxylic acids is 1. The van der Waals surface area contributed by atoms with E-state index in [2.05, 4.69) is 11.4 Å². The van der Waals surface area contributed by atoms with E-state index < -0.39 is 11.5 Å². The molecule has 1 aliphatic carbocycles. The van der Waals surface area contributed by atoms with Gasteiger partial charge in [0.05, 0.1) is 12.2 Å². The van der Waals surface area contributed by atoms with Gasteiger partial charge in [-0.2, -0.15) is 5.26 Å². The third-order valence-electron chi connectivity index (χ3n) is 2.60. The zero-order chi connectivity index (χ0) is 10.8. The second-order valence-electron chi connectivity index (χ2n) is 4.27. The van der Waals surface area contributed by atoms with E-state index in [1.165, 1.54) is 0 Å². The summed E-state index contributed by atoms with van der Waals surface area (Å²) in [5.41, 5.74) is -0.825. The maximum Gasteiger partial charge on any atom is 0.240 e. The maximum atomic E-state index is 11.6. The van der Waals surface area contributed by atoms with Gasteiger partial charge < -0.3 is 10.4 Å². The molecule has 1 aliphatic rings. The smallest absolute Gasteiger partial charge is 0.240 e. The third kappa shape index (κ3) is 2.05. The van der Waals surface area contributed by atoms with Gasteiger partial charge in [0.25, 0.3) is 0 Å². The Kier molecular flexibility index (Phi) is 3.12. The molecule has 0 saturated heterocycles. The lowest BCUT2D eigenvalue weighted by atomic mass is 9.63. The zero-order valence-electron chi connectivity index (χ0n) is 8.58. The van der Waals surface area contributed by atoms with Gasteiger partial charge in [-0.1, -0.05) is 6.92 Å². The van der Waals surface area contributed by atoms with E-state index >= 15 is 0 Å². The quantitative estimate of drug-likeness (QED) is 0.687. The monoisotopic (exact) mass is 196 g/mol. The number of aliphatic hydroxyl groups excluding tert-OH is 1. The summed E-state index contributed by atoms with van der Waals surface area (Å²) < 4.78 is 0. The number of nitrogens with zero attached hydrogens (tertiary/aromatic N) is 1. The molecule has 4 nitrogen and oxygen atoms in total. The SMILES string of the molecule is CC1CC(C#N)(C(=O)NC[C@H](C)O)C1. The first kappa shape index (κ1) is 11.0. The summed E-state index contributed by atoms with van der Waals surface area (Å²) in [5.74, 6) is 0.214. The van der Waals surface area contributed by atoms with Crippen molar-refractivity contribution in [3.63, 3.8) is 0 Å². The van der Waals surface area contributed by atoms with Crippen LogP contribution in [0.2, 0.25) is 0 Å². The summed E-state index contributed by atoms with van der Waals surface area (Å²) in [7, 11) is 0. The topological polar surface area (TPSA) is 73.1 Å². The van der Waals surface area contributed by atoms with Gasteiger partial charge in [0.15, 0.2) is 0 Å². The number of amides is 1. The van der Waals surface area contributed by atoms with Crippen LogP contribution in [0.25, 0.3) is 0 Å². The minimum atomic E-state index is -0.825. The molecule has 4 heteroatoms. The molecule has 78 valence electrons. The number of aliphatic hydroxyl groups is 1. The molecule has 1 amide bonds. The number of rotatable bonds is 3. The molecule has 1 fully saturated rings. The van der Waals surface area contributed by atoms with Crippen LogP contribution >= 0.6 is 0 Å². The molecular weight excluding hydrogens is 180 g/mol. The van der Waals surface area contributed by atoms with E-state index in [9.17, 15) is 4.79 Å². The number of nitrogens with one attached hydrogen (secondary N) is 1. The first-order valence-electron chi connectivity index (χ1n) is 4.88. The first-order valence-corrected chi connectivity index (χ1v) is 4.88. The highest BCUT2D eigenvalue weighted by molar-refractivity contribution is 5.86. The highest BCUT2D eigenvalue weighted by Gasteiger charge is 2.48. The average Bonchev–Trinajstić information content (AvgIpc) is 2.08. The maximum absolute atomic E-state index is 11.6. The lowest BCUT2D eigenvalue weighted by Crippen LogP contribution is -2.49. The molecule has 14 heavy (non-hydrogen) atoms. The van der Waals surface area contributed by atoms with Crippen LogP contribution in [0.4, 0.5) is 0 Å². The fraction of sp³-hybridized carbons (Fsp3) is 0.800. The Labute approximate surface area is 83.9 Å². The van der Waals surface area contributed by atoms with Gasteiger partial charge in [0, 0.05) is 6.54 Å². The summed E-state index contributed by atoms with van der Waals surface area (Å²) in [4.78, 5) is 11.6. The molecular formula is C10H16N2O2. The molecule has 0 radical (unpaired) electrons. The molecule has 0 bridgehead atoms. The Morgan fingerprint density at radius 3 is 2.71 bits per heavy atom. The second-order valence-corrected chi connectivity index (χ2v) is 4.27. The number of carbonyl (C=O) groups is 1. The van der Waals surface area contributed by atoms with Gasteiger partial charge >= 0.3 is 0 Å². The van der Waals surface area contributed by atoms with E-state index in [1.54, 1.807) is 6.92 Å². The van der Waals surface area contributed by atoms with Crippen LogP contribution < -0.4 is 5.32 Å². The van der Waals surface area contributed by atoms with E-state index in [4.69, 9.17) is 10.4 Å². The minimum Gasteiger partial charge on any atom is -0.392 e. The fourth-order valence-electron chi connectivity index (χ4n) is 1.87. The minimum absolute atomic E-state index is 0.219. The van der Waals surface area contributed by atoms with Gasteiger partial charge in [-0.25, -0.2) is 0 Å². The lowest BCUT2D eigenvalue weighted by molar-refractivity contribution is -0.134. The van der Waals surface area contributed by atoms with Crippen LogP contribution in [-0.4, -0.2) is 23.7 Å². The van der Waals surface area contributed by atoms with Crippen LogP contribution in [0.3, 0.4) is 0 Å². The van der Waals surface area contributed by atoms with Crippen molar-refractivity contribution in [1.29, 1.82) is 5.26 Å².